The molecule has 1 atom stereocenters. The van der Waals surface area contributed by atoms with E-state index < -0.39 is 41.7 Å². The molecule has 0 unspecified atom stereocenters. The second kappa shape index (κ2) is 13.5. The first-order chi connectivity index (χ1) is 22.3. The van der Waals surface area contributed by atoms with E-state index in [1.165, 1.54) is 0 Å². The standard InChI is InChI=1S/C34H36N2O10/c1-41-27-14-12-24(13-15-27)22-42-23-28(25-8-4-2-5-9-25)36-21-20-35(26-10-6-3-7-11-26)33(43-29(37)16-17-30(38)44-33)34(36)45-31(39)18-19-32(40)46-34/h2,4-5,8-9,12-19,26,28H,3,6-7,10-11,20-23H2,1H3/t28-/m0/s1. The van der Waals surface area contributed by atoms with Gasteiger partial charge in [0.2, 0.25) is 0 Å². The molecule has 2 spiro atoms. The molecule has 0 bridgehead atoms. The highest BCUT2D eigenvalue weighted by molar-refractivity contribution is 5.95. The monoisotopic (exact) mass is 632 g/mol. The molecule has 0 aromatic heterocycles. The largest absolute Gasteiger partial charge is 0.497 e. The number of carbonyl (C=O) groups excluding carboxylic acids is 4. The smallest absolute Gasteiger partial charge is 0.420 e. The number of carbonyl (C=O) groups is 4. The summed E-state index contributed by atoms with van der Waals surface area (Å²) in [6.07, 6.45) is 7.94. The molecule has 3 heterocycles. The first-order valence-electron chi connectivity index (χ1n) is 15.4. The topological polar surface area (TPSA) is 130 Å². The average molecular weight is 633 g/mol. The van der Waals surface area contributed by atoms with Crippen molar-refractivity contribution in [3.05, 3.63) is 90.0 Å². The van der Waals surface area contributed by atoms with Gasteiger partial charge in [-0.3, -0.25) is 0 Å². The Bertz CT molecular complexity index is 1460. The van der Waals surface area contributed by atoms with Crippen molar-refractivity contribution in [3.63, 3.8) is 0 Å². The first-order valence-corrected chi connectivity index (χ1v) is 15.4. The highest BCUT2D eigenvalue weighted by atomic mass is 16.8. The number of hydrogen-bond donors (Lipinski definition) is 0. The summed E-state index contributed by atoms with van der Waals surface area (Å²) < 4.78 is 35.6. The van der Waals surface area contributed by atoms with Crippen LogP contribution in [0.3, 0.4) is 0 Å². The molecule has 2 fully saturated rings. The number of rotatable bonds is 8. The molecule has 0 N–H and O–H groups in total. The van der Waals surface area contributed by atoms with Gasteiger partial charge in [-0.2, -0.15) is 0 Å². The molecule has 2 aromatic rings. The number of benzene rings is 2. The lowest BCUT2D eigenvalue weighted by molar-refractivity contribution is -0.473. The van der Waals surface area contributed by atoms with Gasteiger partial charge >= 0.3 is 35.7 Å². The van der Waals surface area contributed by atoms with E-state index >= 15 is 0 Å². The second-order valence-corrected chi connectivity index (χ2v) is 11.5. The SMILES string of the molecule is COc1ccc(COC[C@@H](c2ccccc2)N2CCN(C3CCCCC3)C3(OC(=O)C=CC(=O)O3)C23OC(=O)C=CC(=O)O3)cc1. The van der Waals surface area contributed by atoms with Gasteiger partial charge in [-0.25, -0.2) is 29.0 Å². The number of esters is 4. The number of nitrogens with zero attached hydrogens (tertiary/aromatic N) is 2. The third-order valence-corrected chi connectivity index (χ3v) is 8.68. The van der Waals surface area contributed by atoms with E-state index in [0.29, 0.717) is 18.6 Å². The fourth-order valence-electron chi connectivity index (χ4n) is 6.59. The molecular formula is C34H36N2O10. The molecule has 12 nitrogen and oxygen atoms in total. The van der Waals surface area contributed by atoms with Crippen LogP contribution in [-0.4, -0.2) is 78.3 Å². The van der Waals surface area contributed by atoms with Crippen molar-refractivity contribution >= 4 is 23.9 Å². The first kappa shape index (κ1) is 31.5. The summed E-state index contributed by atoms with van der Waals surface area (Å²) in [5.41, 5.74) is 1.61. The van der Waals surface area contributed by atoms with Crippen LogP contribution in [0.5, 0.6) is 5.75 Å². The lowest BCUT2D eigenvalue weighted by Crippen LogP contribution is -2.82. The number of fused-ring (bicyclic) bond motifs is 1. The zero-order valence-electron chi connectivity index (χ0n) is 25.5. The maximum atomic E-state index is 13.3. The minimum atomic E-state index is -2.55. The molecule has 4 aliphatic rings. The zero-order chi connectivity index (χ0) is 32.1. The minimum Gasteiger partial charge on any atom is -0.497 e. The van der Waals surface area contributed by atoms with Crippen LogP contribution in [0.2, 0.25) is 0 Å². The number of hydrogen-bond acceptors (Lipinski definition) is 12. The Morgan fingerprint density at radius 1 is 0.739 bits per heavy atom. The van der Waals surface area contributed by atoms with Crippen LogP contribution in [0.25, 0.3) is 0 Å². The Kier molecular flexibility index (Phi) is 9.20. The van der Waals surface area contributed by atoms with E-state index in [-0.39, 0.29) is 32.3 Å². The number of piperazine rings is 1. The molecular weight excluding hydrogens is 596 g/mol. The summed E-state index contributed by atoms with van der Waals surface area (Å²) in [5.74, 6) is -8.07. The Balaban J connectivity index is 1.46. The van der Waals surface area contributed by atoms with Crippen molar-refractivity contribution in [3.8, 4) is 5.75 Å². The van der Waals surface area contributed by atoms with Crippen LogP contribution in [0.1, 0.15) is 49.3 Å². The quantitative estimate of drug-likeness (QED) is 0.395. The summed E-state index contributed by atoms with van der Waals surface area (Å²) in [7, 11) is 1.59. The van der Waals surface area contributed by atoms with Crippen LogP contribution in [0.4, 0.5) is 0 Å². The van der Waals surface area contributed by atoms with Gasteiger partial charge < -0.3 is 28.4 Å². The van der Waals surface area contributed by atoms with Crippen molar-refractivity contribution in [2.75, 3.05) is 26.8 Å². The summed E-state index contributed by atoms with van der Waals surface area (Å²) in [6, 6.07) is 15.7. The van der Waals surface area contributed by atoms with Gasteiger partial charge in [0, 0.05) is 43.4 Å². The molecule has 1 saturated carbocycles. The highest BCUT2D eigenvalue weighted by Gasteiger charge is 2.76. The van der Waals surface area contributed by atoms with Crippen molar-refractivity contribution < 1.29 is 47.6 Å². The van der Waals surface area contributed by atoms with Crippen LogP contribution in [-0.2, 0) is 49.5 Å². The van der Waals surface area contributed by atoms with Crippen molar-refractivity contribution in [2.45, 2.75) is 62.6 Å². The van der Waals surface area contributed by atoms with Gasteiger partial charge in [0.1, 0.15) is 5.75 Å². The molecule has 1 aliphatic carbocycles. The Hall–Kier alpha value is -4.52. The predicted octanol–water partition coefficient (Wildman–Crippen LogP) is 3.52. The van der Waals surface area contributed by atoms with Crippen LogP contribution in [0.15, 0.2) is 78.9 Å². The zero-order valence-corrected chi connectivity index (χ0v) is 25.5. The molecule has 0 amide bonds. The fraction of sp³-hybridized carbons (Fsp3) is 0.412. The molecule has 0 radical (unpaired) electrons. The van der Waals surface area contributed by atoms with Crippen molar-refractivity contribution in [1.29, 1.82) is 0 Å². The van der Waals surface area contributed by atoms with Crippen molar-refractivity contribution in [1.82, 2.24) is 9.80 Å². The molecule has 242 valence electrons. The second-order valence-electron chi connectivity index (χ2n) is 11.5. The number of ether oxygens (including phenoxy) is 6. The lowest BCUT2D eigenvalue weighted by atomic mass is 9.91. The summed E-state index contributed by atoms with van der Waals surface area (Å²) in [6.45, 7) is 0.632. The summed E-state index contributed by atoms with van der Waals surface area (Å²) in [4.78, 5) is 56.3. The van der Waals surface area contributed by atoms with E-state index in [9.17, 15) is 19.2 Å². The summed E-state index contributed by atoms with van der Waals surface area (Å²) in [5, 5.41) is 0. The molecule has 6 rings (SSSR count). The van der Waals surface area contributed by atoms with E-state index in [1.54, 1.807) is 16.9 Å². The van der Waals surface area contributed by atoms with Crippen LogP contribution in [0, 0.1) is 0 Å². The average Bonchev–Trinajstić information content (AvgIpc) is 3.33. The van der Waals surface area contributed by atoms with Crippen LogP contribution >= 0.6 is 0 Å². The van der Waals surface area contributed by atoms with Gasteiger partial charge in [-0.1, -0.05) is 61.7 Å². The van der Waals surface area contributed by atoms with Crippen LogP contribution < -0.4 is 4.74 Å². The van der Waals surface area contributed by atoms with E-state index in [1.807, 2.05) is 54.6 Å². The van der Waals surface area contributed by atoms with E-state index in [4.69, 9.17) is 28.4 Å². The minimum absolute atomic E-state index is 0.0278. The van der Waals surface area contributed by atoms with E-state index in [0.717, 1.165) is 54.7 Å². The fourth-order valence-corrected chi connectivity index (χ4v) is 6.59. The third-order valence-electron chi connectivity index (χ3n) is 8.68. The van der Waals surface area contributed by atoms with Gasteiger partial charge in [-0.15, -0.1) is 0 Å². The molecule has 1 saturated heterocycles. The van der Waals surface area contributed by atoms with E-state index in [2.05, 4.69) is 0 Å². The maximum Gasteiger partial charge on any atom is 0.420 e. The summed E-state index contributed by atoms with van der Waals surface area (Å²) >= 11 is 0. The van der Waals surface area contributed by atoms with Gasteiger partial charge in [0.15, 0.2) is 0 Å². The molecule has 3 aliphatic heterocycles. The number of methoxy groups -OCH3 is 1. The van der Waals surface area contributed by atoms with Gasteiger partial charge in [0.05, 0.1) is 26.4 Å². The molecule has 12 heteroatoms. The lowest BCUT2D eigenvalue weighted by Gasteiger charge is -2.59. The Labute approximate surface area is 266 Å². The van der Waals surface area contributed by atoms with Gasteiger partial charge in [0.25, 0.3) is 0 Å². The molecule has 2 aromatic carbocycles. The Morgan fingerprint density at radius 2 is 1.30 bits per heavy atom. The van der Waals surface area contributed by atoms with Gasteiger partial charge in [-0.05, 0) is 36.1 Å². The predicted molar refractivity (Wildman–Crippen MR) is 160 cm³/mol. The Morgan fingerprint density at radius 3 is 1.87 bits per heavy atom. The third kappa shape index (κ3) is 6.15. The highest BCUT2D eigenvalue weighted by Crippen LogP contribution is 2.49. The molecule has 46 heavy (non-hydrogen) atoms. The normalized spacial score (nSPS) is 22.4. The maximum absolute atomic E-state index is 13.3. The van der Waals surface area contributed by atoms with Crippen molar-refractivity contribution in [2.24, 2.45) is 0 Å².